The summed E-state index contributed by atoms with van der Waals surface area (Å²) in [6, 6.07) is 0.662. The SMILES string of the molecule is NC1CC(NC(=O)C2CC=CC2)C1. The Balaban J connectivity index is 1.72. The van der Waals surface area contributed by atoms with Crippen LogP contribution in [0.4, 0.5) is 0 Å². The highest BCUT2D eigenvalue weighted by atomic mass is 16.1. The van der Waals surface area contributed by atoms with Crippen LogP contribution in [-0.4, -0.2) is 18.0 Å². The third-order valence-electron chi connectivity index (χ3n) is 2.90. The maximum absolute atomic E-state index is 11.6. The van der Waals surface area contributed by atoms with Gasteiger partial charge in [-0.3, -0.25) is 4.79 Å². The van der Waals surface area contributed by atoms with Gasteiger partial charge in [-0.1, -0.05) is 12.2 Å². The molecule has 0 atom stereocenters. The molecule has 3 heteroatoms. The van der Waals surface area contributed by atoms with Gasteiger partial charge in [0, 0.05) is 18.0 Å². The molecule has 0 aromatic heterocycles. The second kappa shape index (κ2) is 3.50. The first-order valence-electron chi connectivity index (χ1n) is 4.96. The number of carbonyl (C=O) groups is 1. The number of carbonyl (C=O) groups excluding carboxylic acids is 1. The van der Waals surface area contributed by atoms with E-state index in [2.05, 4.69) is 17.5 Å². The minimum atomic E-state index is 0.192. The van der Waals surface area contributed by atoms with Gasteiger partial charge in [-0.2, -0.15) is 0 Å². The Labute approximate surface area is 78.4 Å². The minimum absolute atomic E-state index is 0.192. The highest BCUT2D eigenvalue weighted by Gasteiger charge is 2.29. The molecular formula is C10H16N2O. The van der Waals surface area contributed by atoms with E-state index in [0.29, 0.717) is 12.1 Å². The third-order valence-corrected chi connectivity index (χ3v) is 2.90. The van der Waals surface area contributed by atoms with E-state index >= 15 is 0 Å². The third kappa shape index (κ3) is 1.91. The lowest BCUT2D eigenvalue weighted by Crippen LogP contribution is -2.51. The smallest absolute Gasteiger partial charge is 0.223 e. The van der Waals surface area contributed by atoms with Crippen LogP contribution in [0.15, 0.2) is 12.2 Å². The summed E-state index contributed by atoms with van der Waals surface area (Å²) in [7, 11) is 0. The van der Waals surface area contributed by atoms with Crippen LogP contribution >= 0.6 is 0 Å². The fourth-order valence-corrected chi connectivity index (χ4v) is 1.93. The predicted molar refractivity (Wildman–Crippen MR) is 51.0 cm³/mol. The summed E-state index contributed by atoms with van der Waals surface area (Å²) in [6.45, 7) is 0. The Hall–Kier alpha value is -0.830. The van der Waals surface area contributed by atoms with E-state index in [4.69, 9.17) is 5.73 Å². The van der Waals surface area contributed by atoms with Crippen LogP contribution < -0.4 is 11.1 Å². The summed E-state index contributed by atoms with van der Waals surface area (Å²) < 4.78 is 0. The minimum Gasteiger partial charge on any atom is -0.353 e. The maximum atomic E-state index is 11.6. The molecule has 1 amide bonds. The number of amides is 1. The Bertz CT molecular complexity index is 223. The van der Waals surface area contributed by atoms with E-state index in [9.17, 15) is 4.79 Å². The number of nitrogens with one attached hydrogen (secondary N) is 1. The molecule has 13 heavy (non-hydrogen) atoms. The van der Waals surface area contributed by atoms with Gasteiger partial charge < -0.3 is 11.1 Å². The van der Waals surface area contributed by atoms with Crippen LogP contribution in [-0.2, 0) is 4.79 Å². The second-order valence-electron chi connectivity index (χ2n) is 4.08. The molecule has 2 aliphatic rings. The van der Waals surface area contributed by atoms with Gasteiger partial charge in [0.05, 0.1) is 0 Å². The van der Waals surface area contributed by atoms with Gasteiger partial charge in [-0.15, -0.1) is 0 Å². The van der Waals surface area contributed by atoms with Crippen molar-refractivity contribution in [1.82, 2.24) is 5.32 Å². The topological polar surface area (TPSA) is 55.1 Å². The van der Waals surface area contributed by atoms with Gasteiger partial charge in [-0.05, 0) is 25.7 Å². The van der Waals surface area contributed by atoms with Gasteiger partial charge in [0.1, 0.15) is 0 Å². The van der Waals surface area contributed by atoms with E-state index in [1.165, 1.54) is 0 Å². The van der Waals surface area contributed by atoms with Gasteiger partial charge >= 0.3 is 0 Å². The molecule has 3 nitrogen and oxygen atoms in total. The molecule has 1 fully saturated rings. The molecular weight excluding hydrogens is 164 g/mol. The van der Waals surface area contributed by atoms with E-state index in [1.807, 2.05) is 0 Å². The van der Waals surface area contributed by atoms with Crippen molar-refractivity contribution in [3.05, 3.63) is 12.2 Å². The summed E-state index contributed by atoms with van der Waals surface area (Å²) in [5.41, 5.74) is 5.63. The van der Waals surface area contributed by atoms with Crippen LogP contribution in [0.3, 0.4) is 0 Å². The number of nitrogens with two attached hydrogens (primary N) is 1. The Morgan fingerprint density at radius 3 is 2.46 bits per heavy atom. The fourth-order valence-electron chi connectivity index (χ4n) is 1.93. The molecule has 0 saturated heterocycles. The van der Waals surface area contributed by atoms with Crippen molar-refractivity contribution in [1.29, 1.82) is 0 Å². The molecule has 0 aromatic carbocycles. The Kier molecular flexibility index (Phi) is 2.36. The molecule has 0 heterocycles. The summed E-state index contributed by atoms with van der Waals surface area (Å²) in [6.07, 6.45) is 7.88. The van der Waals surface area contributed by atoms with E-state index in [1.54, 1.807) is 0 Å². The Morgan fingerprint density at radius 1 is 1.31 bits per heavy atom. The van der Waals surface area contributed by atoms with Crippen molar-refractivity contribution in [3.8, 4) is 0 Å². The van der Waals surface area contributed by atoms with Crippen molar-refractivity contribution in [2.75, 3.05) is 0 Å². The first-order chi connectivity index (χ1) is 6.25. The van der Waals surface area contributed by atoms with Crippen molar-refractivity contribution in [3.63, 3.8) is 0 Å². The lowest BCUT2D eigenvalue weighted by atomic mass is 9.87. The molecule has 0 unspecified atom stereocenters. The van der Waals surface area contributed by atoms with Gasteiger partial charge in [0.2, 0.25) is 5.91 Å². The molecule has 3 N–H and O–H groups in total. The Morgan fingerprint density at radius 2 is 1.92 bits per heavy atom. The first kappa shape index (κ1) is 8.75. The number of hydrogen-bond donors (Lipinski definition) is 2. The standard InChI is InChI=1S/C10H16N2O/c11-8-5-9(6-8)12-10(13)7-3-1-2-4-7/h1-2,7-9H,3-6,11H2,(H,12,13). The summed E-state index contributed by atoms with van der Waals surface area (Å²) in [4.78, 5) is 11.6. The normalized spacial score (nSPS) is 33.0. The number of hydrogen-bond acceptors (Lipinski definition) is 2. The lowest BCUT2D eigenvalue weighted by Gasteiger charge is -2.33. The van der Waals surface area contributed by atoms with Crippen molar-refractivity contribution in [2.24, 2.45) is 11.7 Å². The first-order valence-corrected chi connectivity index (χ1v) is 4.96. The molecule has 72 valence electrons. The fraction of sp³-hybridized carbons (Fsp3) is 0.700. The van der Waals surface area contributed by atoms with E-state index < -0.39 is 0 Å². The van der Waals surface area contributed by atoms with Crippen LogP contribution in [0, 0.1) is 5.92 Å². The molecule has 0 spiro atoms. The van der Waals surface area contributed by atoms with Crippen LogP contribution in [0.1, 0.15) is 25.7 Å². The van der Waals surface area contributed by atoms with Crippen molar-refractivity contribution >= 4 is 5.91 Å². The number of allylic oxidation sites excluding steroid dienone is 2. The highest BCUT2D eigenvalue weighted by molar-refractivity contribution is 5.79. The quantitative estimate of drug-likeness (QED) is 0.610. The van der Waals surface area contributed by atoms with Crippen molar-refractivity contribution in [2.45, 2.75) is 37.8 Å². The van der Waals surface area contributed by atoms with Gasteiger partial charge in [0.25, 0.3) is 0 Å². The molecule has 1 saturated carbocycles. The average Bonchev–Trinajstić information content (AvgIpc) is 2.53. The van der Waals surface area contributed by atoms with Crippen LogP contribution in [0.2, 0.25) is 0 Å². The molecule has 2 rings (SSSR count). The average molecular weight is 180 g/mol. The molecule has 0 bridgehead atoms. The summed E-state index contributed by atoms with van der Waals surface area (Å²) >= 11 is 0. The predicted octanol–water partition coefficient (Wildman–Crippen LogP) is 0.558. The molecule has 2 aliphatic carbocycles. The van der Waals surface area contributed by atoms with Crippen molar-refractivity contribution < 1.29 is 4.79 Å². The zero-order valence-corrected chi connectivity index (χ0v) is 7.70. The zero-order chi connectivity index (χ0) is 9.26. The maximum Gasteiger partial charge on any atom is 0.223 e. The largest absolute Gasteiger partial charge is 0.353 e. The van der Waals surface area contributed by atoms with Crippen LogP contribution in [0.5, 0.6) is 0 Å². The highest BCUT2D eigenvalue weighted by Crippen LogP contribution is 2.21. The second-order valence-corrected chi connectivity index (χ2v) is 4.08. The van der Waals surface area contributed by atoms with E-state index in [-0.39, 0.29) is 11.8 Å². The molecule has 0 aliphatic heterocycles. The summed E-state index contributed by atoms with van der Waals surface area (Å²) in [5.74, 6) is 0.402. The monoisotopic (exact) mass is 180 g/mol. The molecule has 0 radical (unpaired) electrons. The summed E-state index contributed by atoms with van der Waals surface area (Å²) in [5, 5.41) is 3.03. The lowest BCUT2D eigenvalue weighted by molar-refractivity contribution is -0.126. The van der Waals surface area contributed by atoms with Gasteiger partial charge in [0.15, 0.2) is 0 Å². The molecule has 0 aromatic rings. The zero-order valence-electron chi connectivity index (χ0n) is 7.70. The number of rotatable bonds is 2. The van der Waals surface area contributed by atoms with Crippen LogP contribution in [0.25, 0.3) is 0 Å². The van der Waals surface area contributed by atoms with E-state index in [0.717, 1.165) is 25.7 Å². The van der Waals surface area contributed by atoms with Gasteiger partial charge in [-0.25, -0.2) is 0 Å².